The topological polar surface area (TPSA) is 18.5 Å². The molecule has 0 radical (unpaired) electrons. The van der Waals surface area contributed by atoms with Gasteiger partial charge in [0.15, 0.2) is 6.29 Å². The van der Waals surface area contributed by atoms with Crippen molar-refractivity contribution in [2.24, 2.45) is 0 Å². The highest BCUT2D eigenvalue weighted by Gasteiger charge is 2.15. The van der Waals surface area contributed by atoms with Gasteiger partial charge >= 0.3 is 0 Å². The molecule has 2 atom stereocenters. The first kappa shape index (κ1) is 11.3. The molecule has 0 saturated carbocycles. The lowest BCUT2D eigenvalue weighted by Crippen LogP contribution is -2.28. The molecule has 0 aromatic heterocycles. The van der Waals surface area contributed by atoms with Crippen LogP contribution in [0.3, 0.4) is 0 Å². The van der Waals surface area contributed by atoms with Crippen LogP contribution in [-0.2, 0) is 9.47 Å². The van der Waals surface area contributed by atoms with E-state index in [0.29, 0.717) is 0 Å². The molecule has 0 aliphatic carbocycles. The molecule has 0 aliphatic rings. The maximum absolute atomic E-state index is 5.48. The summed E-state index contributed by atoms with van der Waals surface area (Å²) < 4.78 is 10.7. The highest BCUT2D eigenvalue weighted by atomic mass is 32.1. The summed E-state index contributed by atoms with van der Waals surface area (Å²) >= 11 is 4.08. The normalized spacial score (nSPS) is 18.0. The molecule has 0 spiro atoms. The van der Waals surface area contributed by atoms with Gasteiger partial charge in [0.2, 0.25) is 0 Å². The van der Waals surface area contributed by atoms with Gasteiger partial charge in [-0.25, -0.2) is 0 Å². The maximum Gasteiger partial charge on any atom is 0.156 e. The predicted molar refractivity (Wildman–Crippen MR) is 49.8 cm³/mol. The fourth-order valence-corrected chi connectivity index (χ4v) is 0.974. The van der Waals surface area contributed by atoms with Gasteiger partial charge in [0.1, 0.15) is 5.44 Å². The van der Waals surface area contributed by atoms with Gasteiger partial charge in [-0.05, 0) is 34.6 Å². The first-order valence-corrected chi connectivity index (χ1v) is 4.34. The van der Waals surface area contributed by atoms with Crippen LogP contribution in [0.2, 0.25) is 0 Å². The molecule has 68 valence electrons. The molecule has 0 aliphatic heterocycles. The van der Waals surface area contributed by atoms with Crippen molar-refractivity contribution in [2.75, 3.05) is 0 Å². The highest BCUT2D eigenvalue weighted by Crippen LogP contribution is 2.13. The third kappa shape index (κ3) is 8.17. The van der Waals surface area contributed by atoms with Crippen molar-refractivity contribution in [3.63, 3.8) is 0 Å². The summed E-state index contributed by atoms with van der Waals surface area (Å²) in [5.74, 6) is 0. The number of thiol groups is 1. The third-order valence-corrected chi connectivity index (χ3v) is 1.03. The molecule has 0 saturated heterocycles. The molecule has 0 bridgehead atoms. The molecule has 0 heterocycles. The average Bonchev–Trinajstić information content (AvgIpc) is 1.53. The molecule has 0 aromatic carbocycles. The van der Waals surface area contributed by atoms with E-state index in [1.54, 1.807) is 0 Å². The maximum atomic E-state index is 5.48. The summed E-state index contributed by atoms with van der Waals surface area (Å²) in [6.45, 7) is 9.73. The van der Waals surface area contributed by atoms with Crippen LogP contribution in [0.5, 0.6) is 0 Å². The van der Waals surface area contributed by atoms with Crippen LogP contribution in [-0.4, -0.2) is 17.3 Å². The molecule has 0 amide bonds. The molecule has 0 fully saturated rings. The summed E-state index contributed by atoms with van der Waals surface area (Å²) in [6.07, 6.45) is -0.192. The van der Waals surface area contributed by atoms with E-state index < -0.39 is 0 Å². The summed E-state index contributed by atoms with van der Waals surface area (Å²) in [7, 11) is 0. The lowest BCUT2D eigenvalue weighted by Gasteiger charge is -2.25. The predicted octanol–water partition coefficient (Wildman–Crippen LogP) is 2.44. The highest BCUT2D eigenvalue weighted by molar-refractivity contribution is 7.80. The molecular formula is C8H18O2S. The molecule has 11 heavy (non-hydrogen) atoms. The van der Waals surface area contributed by atoms with Crippen molar-refractivity contribution >= 4 is 12.6 Å². The fourth-order valence-electron chi connectivity index (χ4n) is 0.803. The van der Waals surface area contributed by atoms with Gasteiger partial charge in [0.05, 0.1) is 5.60 Å². The van der Waals surface area contributed by atoms with Gasteiger partial charge in [-0.1, -0.05) is 0 Å². The molecule has 0 rings (SSSR count). The van der Waals surface area contributed by atoms with Crippen LogP contribution in [0, 0.1) is 0 Å². The standard InChI is InChI=1S/C8H18O2S/c1-6(9-7(2)11)10-8(3,4)5/h6-7,11H,1-5H3. The lowest BCUT2D eigenvalue weighted by atomic mass is 10.2. The second-order valence-corrected chi connectivity index (χ2v) is 4.26. The molecule has 0 aromatic rings. The van der Waals surface area contributed by atoms with Crippen molar-refractivity contribution in [3.05, 3.63) is 0 Å². The Hall–Kier alpha value is 0.270. The monoisotopic (exact) mass is 178 g/mol. The minimum Gasteiger partial charge on any atom is -0.347 e. The average molecular weight is 178 g/mol. The fraction of sp³-hybridized carbons (Fsp3) is 1.00. The second kappa shape index (κ2) is 4.33. The van der Waals surface area contributed by atoms with Gasteiger partial charge in [-0.15, -0.1) is 12.6 Å². The lowest BCUT2D eigenvalue weighted by molar-refractivity contribution is -0.188. The van der Waals surface area contributed by atoms with Gasteiger partial charge in [-0.3, -0.25) is 0 Å². The largest absolute Gasteiger partial charge is 0.347 e. The molecule has 3 heteroatoms. The summed E-state index contributed by atoms with van der Waals surface area (Å²) in [4.78, 5) is 0. The zero-order valence-electron chi connectivity index (χ0n) is 7.92. The number of rotatable bonds is 3. The van der Waals surface area contributed by atoms with Gasteiger partial charge in [0.25, 0.3) is 0 Å². The Kier molecular flexibility index (Phi) is 4.44. The van der Waals surface area contributed by atoms with Gasteiger partial charge in [-0.2, -0.15) is 0 Å². The minimum absolute atomic E-state index is 0.0765. The van der Waals surface area contributed by atoms with Crippen molar-refractivity contribution in [1.29, 1.82) is 0 Å². The summed E-state index contributed by atoms with van der Waals surface area (Å²) in [5, 5.41) is 0. The van der Waals surface area contributed by atoms with E-state index in [4.69, 9.17) is 9.47 Å². The zero-order valence-corrected chi connectivity index (χ0v) is 8.81. The van der Waals surface area contributed by atoms with Crippen molar-refractivity contribution < 1.29 is 9.47 Å². The van der Waals surface area contributed by atoms with E-state index in [0.717, 1.165) is 0 Å². The third-order valence-electron chi connectivity index (χ3n) is 0.908. The van der Waals surface area contributed by atoms with E-state index in [-0.39, 0.29) is 17.3 Å². The molecular weight excluding hydrogens is 160 g/mol. The van der Waals surface area contributed by atoms with Crippen LogP contribution < -0.4 is 0 Å². The van der Waals surface area contributed by atoms with Crippen molar-refractivity contribution in [2.45, 2.75) is 51.9 Å². The van der Waals surface area contributed by atoms with Crippen LogP contribution in [0.4, 0.5) is 0 Å². The molecule has 2 unspecified atom stereocenters. The van der Waals surface area contributed by atoms with Crippen LogP contribution in [0.1, 0.15) is 34.6 Å². The Morgan fingerprint density at radius 1 is 1.18 bits per heavy atom. The number of ether oxygens (including phenoxy) is 2. The van der Waals surface area contributed by atoms with E-state index in [1.165, 1.54) is 0 Å². The molecule has 0 N–H and O–H groups in total. The first-order chi connectivity index (χ1) is 4.81. The second-order valence-electron chi connectivity index (χ2n) is 3.53. The van der Waals surface area contributed by atoms with Crippen molar-refractivity contribution in [1.82, 2.24) is 0 Å². The van der Waals surface area contributed by atoms with E-state index in [9.17, 15) is 0 Å². The smallest absolute Gasteiger partial charge is 0.156 e. The Morgan fingerprint density at radius 2 is 1.64 bits per heavy atom. The van der Waals surface area contributed by atoms with Gasteiger partial charge in [0, 0.05) is 0 Å². The van der Waals surface area contributed by atoms with Crippen LogP contribution in [0.25, 0.3) is 0 Å². The Morgan fingerprint density at radius 3 is 1.91 bits per heavy atom. The van der Waals surface area contributed by atoms with Crippen molar-refractivity contribution in [3.8, 4) is 0 Å². The Labute approximate surface area is 74.7 Å². The van der Waals surface area contributed by atoms with E-state index in [2.05, 4.69) is 12.6 Å². The SMILES string of the molecule is CC(S)OC(C)OC(C)(C)C. The zero-order chi connectivity index (χ0) is 9.07. The number of hydrogen-bond donors (Lipinski definition) is 1. The van der Waals surface area contributed by atoms with Crippen LogP contribution >= 0.6 is 12.6 Å². The van der Waals surface area contributed by atoms with Gasteiger partial charge < -0.3 is 9.47 Å². The van der Waals surface area contributed by atoms with Crippen LogP contribution in [0.15, 0.2) is 0 Å². The summed E-state index contributed by atoms with van der Waals surface area (Å²) in [5.41, 5.74) is -0.227. The molecule has 2 nitrogen and oxygen atoms in total. The Balaban J connectivity index is 3.61. The van der Waals surface area contributed by atoms with E-state index in [1.807, 2.05) is 34.6 Å². The first-order valence-electron chi connectivity index (χ1n) is 3.82. The van der Waals surface area contributed by atoms with E-state index >= 15 is 0 Å². The quantitative estimate of drug-likeness (QED) is 0.528. The number of hydrogen-bond acceptors (Lipinski definition) is 3. The minimum atomic E-state index is -0.192. The Bertz CT molecular complexity index is 107. The summed E-state index contributed by atoms with van der Waals surface area (Å²) in [6, 6.07) is 0.